The van der Waals surface area contributed by atoms with E-state index in [1.54, 1.807) is 30.5 Å². The monoisotopic (exact) mass is 246 g/mol. The Bertz CT molecular complexity index is 549. The van der Waals surface area contributed by atoms with E-state index in [2.05, 4.69) is 4.98 Å². The zero-order valence-electron chi connectivity index (χ0n) is 10.0. The van der Waals surface area contributed by atoms with Crippen LogP contribution in [0.1, 0.15) is 12.5 Å². The van der Waals surface area contributed by atoms with E-state index >= 15 is 0 Å². The lowest BCUT2D eigenvalue weighted by Crippen LogP contribution is -2.01. The van der Waals surface area contributed by atoms with Crippen LogP contribution in [-0.2, 0) is 17.8 Å². The Morgan fingerprint density at radius 1 is 1.50 bits per heavy atom. The fraction of sp³-hybridized carbons (Fsp3) is 0.231. The van der Waals surface area contributed by atoms with Gasteiger partial charge in [-0.15, -0.1) is 0 Å². The summed E-state index contributed by atoms with van der Waals surface area (Å²) in [5.74, 6) is -0.267. The maximum Gasteiger partial charge on any atom is 0.307 e. The lowest BCUT2D eigenvalue weighted by Gasteiger charge is -2.07. The number of imidazole rings is 1. The molecule has 0 spiro atoms. The van der Waals surface area contributed by atoms with Crippen molar-refractivity contribution in [2.24, 2.45) is 0 Å². The first kappa shape index (κ1) is 12.2. The molecule has 0 atom stereocenters. The molecule has 2 rings (SSSR count). The molecule has 94 valence electrons. The first-order valence-corrected chi connectivity index (χ1v) is 5.68. The largest absolute Gasteiger partial charge is 0.481 e. The quantitative estimate of drug-likeness (QED) is 0.879. The maximum atomic E-state index is 10.6. The summed E-state index contributed by atoms with van der Waals surface area (Å²) in [6, 6.07) is 7.52. The molecule has 0 saturated heterocycles. The Kier molecular flexibility index (Phi) is 3.62. The highest BCUT2D eigenvalue weighted by Crippen LogP contribution is 2.21. The molecule has 0 radical (unpaired) electrons. The van der Waals surface area contributed by atoms with Gasteiger partial charge in [0.25, 0.3) is 0 Å². The van der Waals surface area contributed by atoms with Gasteiger partial charge < -0.3 is 14.4 Å². The van der Waals surface area contributed by atoms with E-state index in [1.807, 2.05) is 17.7 Å². The van der Waals surface area contributed by atoms with Crippen molar-refractivity contribution in [3.8, 4) is 11.8 Å². The Morgan fingerprint density at radius 3 is 3.06 bits per heavy atom. The van der Waals surface area contributed by atoms with Crippen LogP contribution < -0.4 is 4.74 Å². The summed E-state index contributed by atoms with van der Waals surface area (Å²) in [6.45, 7) is 2.76. The van der Waals surface area contributed by atoms with Crippen molar-refractivity contribution in [2.75, 3.05) is 0 Å². The molecular weight excluding hydrogens is 232 g/mol. The van der Waals surface area contributed by atoms with Crippen molar-refractivity contribution in [3.63, 3.8) is 0 Å². The van der Waals surface area contributed by atoms with Gasteiger partial charge >= 0.3 is 12.0 Å². The number of nitrogens with zero attached hydrogens (tertiary/aromatic N) is 2. The molecule has 5 heteroatoms. The topological polar surface area (TPSA) is 64.4 Å². The SMILES string of the molecule is CCn1ccnc1Oc1cccc(CC(=O)O)c1. The number of aromatic nitrogens is 2. The van der Waals surface area contributed by atoms with E-state index < -0.39 is 5.97 Å². The van der Waals surface area contributed by atoms with Gasteiger partial charge in [-0.25, -0.2) is 4.98 Å². The number of carbonyl (C=O) groups is 1. The van der Waals surface area contributed by atoms with Crippen LogP contribution in [0, 0.1) is 0 Å². The average Bonchev–Trinajstić information content (AvgIpc) is 2.76. The van der Waals surface area contributed by atoms with Crippen molar-refractivity contribution < 1.29 is 14.6 Å². The predicted octanol–water partition coefficient (Wildman–Crippen LogP) is 2.32. The zero-order valence-corrected chi connectivity index (χ0v) is 10.0. The molecule has 0 fully saturated rings. The van der Waals surface area contributed by atoms with Gasteiger partial charge in [-0.1, -0.05) is 12.1 Å². The van der Waals surface area contributed by atoms with Crippen molar-refractivity contribution in [3.05, 3.63) is 42.2 Å². The van der Waals surface area contributed by atoms with Crippen LogP contribution in [0.2, 0.25) is 0 Å². The minimum Gasteiger partial charge on any atom is -0.481 e. The maximum absolute atomic E-state index is 10.6. The van der Waals surface area contributed by atoms with Crippen molar-refractivity contribution >= 4 is 5.97 Å². The van der Waals surface area contributed by atoms with Crippen LogP contribution in [0.15, 0.2) is 36.7 Å². The molecule has 0 bridgehead atoms. The van der Waals surface area contributed by atoms with Crippen LogP contribution in [0.5, 0.6) is 11.8 Å². The molecule has 1 N–H and O–H groups in total. The molecule has 1 aromatic carbocycles. The van der Waals surface area contributed by atoms with Crippen LogP contribution in [0.25, 0.3) is 0 Å². The van der Waals surface area contributed by atoms with E-state index in [9.17, 15) is 4.79 Å². The van der Waals surface area contributed by atoms with Crippen LogP contribution in [0.4, 0.5) is 0 Å². The Labute approximate surface area is 105 Å². The minimum atomic E-state index is -0.859. The molecule has 0 amide bonds. The van der Waals surface area contributed by atoms with Crippen molar-refractivity contribution in [1.82, 2.24) is 9.55 Å². The second-order valence-corrected chi connectivity index (χ2v) is 3.82. The van der Waals surface area contributed by atoms with E-state index in [-0.39, 0.29) is 6.42 Å². The smallest absolute Gasteiger partial charge is 0.307 e. The lowest BCUT2D eigenvalue weighted by atomic mass is 10.1. The Morgan fingerprint density at radius 2 is 2.33 bits per heavy atom. The average molecular weight is 246 g/mol. The second-order valence-electron chi connectivity index (χ2n) is 3.82. The molecule has 18 heavy (non-hydrogen) atoms. The van der Waals surface area contributed by atoms with E-state index in [0.29, 0.717) is 17.3 Å². The lowest BCUT2D eigenvalue weighted by molar-refractivity contribution is -0.136. The molecule has 0 aliphatic heterocycles. The number of carboxylic acids is 1. The third kappa shape index (κ3) is 2.88. The number of hydrogen-bond donors (Lipinski definition) is 1. The molecule has 0 aliphatic rings. The highest BCUT2D eigenvalue weighted by molar-refractivity contribution is 5.70. The van der Waals surface area contributed by atoms with Gasteiger partial charge in [-0.05, 0) is 24.6 Å². The first-order valence-electron chi connectivity index (χ1n) is 5.68. The van der Waals surface area contributed by atoms with Crippen molar-refractivity contribution in [1.29, 1.82) is 0 Å². The van der Waals surface area contributed by atoms with Crippen LogP contribution >= 0.6 is 0 Å². The minimum absolute atomic E-state index is 0.0145. The van der Waals surface area contributed by atoms with Gasteiger partial charge in [-0.3, -0.25) is 4.79 Å². The molecule has 0 aliphatic carbocycles. The van der Waals surface area contributed by atoms with Gasteiger partial charge in [0, 0.05) is 18.9 Å². The Balaban J connectivity index is 2.16. The summed E-state index contributed by atoms with van der Waals surface area (Å²) >= 11 is 0. The molecule has 1 heterocycles. The van der Waals surface area contributed by atoms with E-state index in [0.717, 1.165) is 6.54 Å². The third-order valence-electron chi connectivity index (χ3n) is 2.48. The summed E-state index contributed by atoms with van der Waals surface area (Å²) in [7, 11) is 0. The normalized spacial score (nSPS) is 10.3. The molecule has 2 aromatic rings. The first-order chi connectivity index (χ1) is 8.69. The summed E-state index contributed by atoms with van der Waals surface area (Å²) in [5, 5.41) is 8.74. The number of hydrogen-bond acceptors (Lipinski definition) is 3. The predicted molar refractivity (Wildman–Crippen MR) is 65.8 cm³/mol. The molecule has 0 saturated carbocycles. The zero-order chi connectivity index (χ0) is 13.0. The number of rotatable bonds is 5. The molecule has 1 aromatic heterocycles. The van der Waals surface area contributed by atoms with Gasteiger partial charge in [0.1, 0.15) is 5.75 Å². The summed E-state index contributed by atoms with van der Waals surface area (Å²) < 4.78 is 7.49. The fourth-order valence-corrected chi connectivity index (χ4v) is 1.64. The number of benzene rings is 1. The van der Waals surface area contributed by atoms with Crippen molar-refractivity contribution in [2.45, 2.75) is 19.9 Å². The second kappa shape index (κ2) is 5.35. The fourth-order valence-electron chi connectivity index (χ4n) is 1.64. The summed E-state index contributed by atoms with van der Waals surface area (Å²) in [4.78, 5) is 14.7. The van der Waals surface area contributed by atoms with E-state index in [4.69, 9.17) is 9.84 Å². The Hall–Kier alpha value is -2.30. The van der Waals surface area contributed by atoms with Gasteiger partial charge in [0.2, 0.25) is 0 Å². The highest BCUT2D eigenvalue weighted by atomic mass is 16.5. The van der Waals surface area contributed by atoms with Crippen LogP contribution in [0.3, 0.4) is 0 Å². The number of aliphatic carboxylic acids is 1. The standard InChI is InChI=1S/C13H14N2O3/c1-2-15-7-6-14-13(15)18-11-5-3-4-10(8-11)9-12(16)17/h3-8H,2,9H2,1H3,(H,16,17). The summed E-state index contributed by atoms with van der Waals surface area (Å²) in [6.07, 6.45) is 3.48. The molecule has 5 nitrogen and oxygen atoms in total. The van der Waals surface area contributed by atoms with Gasteiger partial charge in [0.05, 0.1) is 6.42 Å². The van der Waals surface area contributed by atoms with Gasteiger partial charge in [-0.2, -0.15) is 0 Å². The van der Waals surface area contributed by atoms with Gasteiger partial charge in [0.15, 0.2) is 0 Å². The number of ether oxygens (including phenoxy) is 1. The molecular formula is C13H14N2O3. The number of aryl methyl sites for hydroxylation is 1. The summed E-state index contributed by atoms with van der Waals surface area (Å²) in [5.41, 5.74) is 0.703. The van der Waals surface area contributed by atoms with Crippen LogP contribution in [-0.4, -0.2) is 20.6 Å². The third-order valence-corrected chi connectivity index (χ3v) is 2.48. The molecule has 0 unspecified atom stereocenters. The van der Waals surface area contributed by atoms with E-state index in [1.165, 1.54) is 0 Å². The highest BCUT2D eigenvalue weighted by Gasteiger charge is 2.06. The number of carboxylic acid groups (broad SMARTS) is 1.